The molecule has 1 unspecified atom stereocenters. The maximum absolute atomic E-state index is 14.5. The SMILES string of the molecule is CC(C(=O)NS(=O)(=O)c1ccccc1)c1ccc(-c2ccccc2)c(F)c1. The van der Waals surface area contributed by atoms with Gasteiger partial charge in [-0.1, -0.05) is 60.7 Å². The van der Waals surface area contributed by atoms with E-state index in [-0.39, 0.29) is 4.90 Å². The minimum Gasteiger partial charge on any atom is -0.273 e. The number of benzene rings is 3. The second kappa shape index (κ2) is 7.72. The summed E-state index contributed by atoms with van der Waals surface area (Å²) in [5.41, 5.74) is 1.54. The largest absolute Gasteiger partial charge is 0.273 e. The van der Waals surface area contributed by atoms with Crippen molar-refractivity contribution in [2.24, 2.45) is 0 Å². The molecule has 3 aromatic rings. The Hall–Kier alpha value is -2.99. The Bertz CT molecular complexity index is 1050. The molecule has 4 nitrogen and oxygen atoms in total. The van der Waals surface area contributed by atoms with Gasteiger partial charge in [0.05, 0.1) is 10.8 Å². The van der Waals surface area contributed by atoms with Crippen LogP contribution in [0.5, 0.6) is 0 Å². The Morgan fingerprint density at radius 1 is 0.926 bits per heavy atom. The molecule has 1 N–H and O–H groups in total. The first-order chi connectivity index (χ1) is 12.9. The van der Waals surface area contributed by atoms with Crippen LogP contribution in [-0.4, -0.2) is 14.3 Å². The van der Waals surface area contributed by atoms with Crippen LogP contribution in [0.3, 0.4) is 0 Å². The molecule has 0 radical (unpaired) electrons. The van der Waals surface area contributed by atoms with Crippen molar-refractivity contribution in [1.82, 2.24) is 4.72 Å². The van der Waals surface area contributed by atoms with Crippen LogP contribution in [0.15, 0.2) is 83.8 Å². The molecular formula is C21H18FNO3S. The normalized spacial score (nSPS) is 12.4. The number of amides is 1. The van der Waals surface area contributed by atoms with Crippen LogP contribution in [0.25, 0.3) is 11.1 Å². The van der Waals surface area contributed by atoms with E-state index in [2.05, 4.69) is 0 Å². The highest BCUT2D eigenvalue weighted by Crippen LogP contribution is 2.26. The van der Waals surface area contributed by atoms with Gasteiger partial charge in [0.15, 0.2) is 0 Å². The summed E-state index contributed by atoms with van der Waals surface area (Å²) >= 11 is 0. The maximum Gasteiger partial charge on any atom is 0.264 e. The molecule has 0 bridgehead atoms. The van der Waals surface area contributed by atoms with Crippen molar-refractivity contribution in [1.29, 1.82) is 0 Å². The van der Waals surface area contributed by atoms with E-state index in [0.29, 0.717) is 11.1 Å². The molecule has 0 aliphatic carbocycles. The van der Waals surface area contributed by atoms with Crippen molar-refractivity contribution in [2.75, 3.05) is 0 Å². The second-order valence-corrected chi connectivity index (χ2v) is 7.79. The Morgan fingerprint density at radius 3 is 2.11 bits per heavy atom. The first-order valence-corrected chi connectivity index (χ1v) is 9.83. The Labute approximate surface area is 157 Å². The number of hydrogen-bond donors (Lipinski definition) is 1. The van der Waals surface area contributed by atoms with E-state index in [1.807, 2.05) is 22.9 Å². The van der Waals surface area contributed by atoms with E-state index in [4.69, 9.17) is 0 Å². The van der Waals surface area contributed by atoms with Crippen LogP contribution in [0.2, 0.25) is 0 Å². The van der Waals surface area contributed by atoms with Gasteiger partial charge in [-0.3, -0.25) is 4.79 Å². The molecule has 0 fully saturated rings. The van der Waals surface area contributed by atoms with Gasteiger partial charge in [0.2, 0.25) is 5.91 Å². The lowest BCUT2D eigenvalue weighted by Crippen LogP contribution is -2.33. The van der Waals surface area contributed by atoms with Gasteiger partial charge in [-0.2, -0.15) is 0 Å². The molecule has 0 aromatic heterocycles. The fourth-order valence-corrected chi connectivity index (χ4v) is 3.76. The quantitative estimate of drug-likeness (QED) is 0.721. The van der Waals surface area contributed by atoms with Gasteiger partial charge in [-0.15, -0.1) is 0 Å². The molecule has 1 amide bonds. The van der Waals surface area contributed by atoms with Gasteiger partial charge in [0.1, 0.15) is 5.82 Å². The second-order valence-electron chi connectivity index (χ2n) is 6.11. The third-order valence-electron chi connectivity index (χ3n) is 4.26. The maximum atomic E-state index is 14.5. The van der Waals surface area contributed by atoms with E-state index < -0.39 is 27.7 Å². The predicted octanol–water partition coefficient (Wildman–Crippen LogP) is 4.10. The summed E-state index contributed by atoms with van der Waals surface area (Å²) in [4.78, 5) is 12.4. The van der Waals surface area contributed by atoms with Crippen LogP contribution < -0.4 is 4.72 Å². The zero-order chi connectivity index (χ0) is 19.4. The highest BCUT2D eigenvalue weighted by atomic mass is 32.2. The molecule has 138 valence electrons. The average Bonchev–Trinajstić information content (AvgIpc) is 2.68. The highest BCUT2D eigenvalue weighted by Gasteiger charge is 2.23. The van der Waals surface area contributed by atoms with Crippen molar-refractivity contribution in [3.63, 3.8) is 0 Å². The van der Waals surface area contributed by atoms with E-state index in [0.717, 1.165) is 5.56 Å². The number of rotatable bonds is 5. The molecule has 1 atom stereocenters. The van der Waals surface area contributed by atoms with Gasteiger partial charge in [-0.25, -0.2) is 17.5 Å². The van der Waals surface area contributed by atoms with Gasteiger partial charge >= 0.3 is 0 Å². The molecule has 3 aromatic carbocycles. The Morgan fingerprint density at radius 2 is 1.52 bits per heavy atom. The first-order valence-electron chi connectivity index (χ1n) is 8.35. The molecule has 0 saturated heterocycles. The number of nitrogens with one attached hydrogen (secondary N) is 1. The van der Waals surface area contributed by atoms with Crippen LogP contribution in [-0.2, 0) is 14.8 Å². The van der Waals surface area contributed by atoms with Crippen molar-refractivity contribution >= 4 is 15.9 Å². The molecule has 0 saturated carbocycles. The van der Waals surface area contributed by atoms with E-state index in [1.165, 1.54) is 25.1 Å². The Balaban J connectivity index is 1.80. The summed E-state index contributed by atoms with van der Waals surface area (Å²) in [5.74, 6) is -2.02. The van der Waals surface area contributed by atoms with E-state index in [9.17, 15) is 17.6 Å². The van der Waals surface area contributed by atoms with Crippen molar-refractivity contribution in [3.05, 3.63) is 90.2 Å². The number of carbonyl (C=O) groups is 1. The van der Waals surface area contributed by atoms with E-state index in [1.54, 1.807) is 42.5 Å². The topological polar surface area (TPSA) is 63.2 Å². The number of sulfonamides is 1. The smallest absolute Gasteiger partial charge is 0.264 e. The lowest BCUT2D eigenvalue weighted by molar-refractivity contribution is -0.120. The van der Waals surface area contributed by atoms with Gasteiger partial charge < -0.3 is 0 Å². The first kappa shape index (κ1) is 18.8. The lowest BCUT2D eigenvalue weighted by Gasteiger charge is -2.14. The summed E-state index contributed by atoms with van der Waals surface area (Å²) in [6, 6.07) is 21.2. The fraction of sp³-hybridized carbons (Fsp3) is 0.0952. The van der Waals surface area contributed by atoms with E-state index >= 15 is 0 Å². The third-order valence-corrected chi connectivity index (χ3v) is 5.62. The summed E-state index contributed by atoms with van der Waals surface area (Å²) < 4.78 is 41.1. The Kier molecular flexibility index (Phi) is 5.37. The summed E-state index contributed by atoms with van der Waals surface area (Å²) in [5, 5.41) is 0. The number of hydrogen-bond acceptors (Lipinski definition) is 3. The van der Waals surface area contributed by atoms with Gasteiger partial charge in [0, 0.05) is 5.56 Å². The van der Waals surface area contributed by atoms with Crippen molar-refractivity contribution < 1.29 is 17.6 Å². The lowest BCUT2D eigenvalue weighted by atomic mass is 9.96. The zero-order valence-corrected chi connectivity index (χ0v) is 15.4. The summed E-state index contributed by atoms with van der Waals surface area (Å²) in [6.45, 7) is 1.53. The van der Waals surface area contributed by atoms with Crippen molar-refractivity contribution in [2.45, 2.75) is 17.7 Å². The fourth-order valence-electron chi connectivity index (χ4n) is 2.68. The average molecular weight is 383 g/mol. The summed E-state index contributed by atoms with van der Waals surface area (Å²) in [7, 11) is -3.97. The molecule has 0 aliphatic heterocycles. The molecular weight excluding hydrogens is 365 g/mol. The zero-order valence-electron chi connectivity index (χ0n) is 14.6. The van der Waals surface area contributed by atoms with Gasteiger partial charge in [0.25, 0.3) is 10.0 Å². The molecule has 0 heterocycles. The standard InChI is InChI=1S/C21H18FNO3S/c1-15(21(24)23-27(25,26)18-10-6-3-7-11-18)17-12-13-19(20(22)14-17)16-8-4-2-5-9-16/h2-15H,1H3,(H,23,24). The molecule has 27 heavy (non-hydrogen) atoms. The van der Waals surface area contributed by atoms with Crippen molar-refractivity contribution in [3.8, 4) is 11.1 Å². The highest BCUT2D eigenvalue weighted by molar-refractivity contribution is 7.90. The minimum atomic E-state index is -3.97. The molecule has 6 heteroatoms. The molecule has 0 aliphatic rings. The predicted molar refractivity (Wildman–Crippen MR) is 102 cm³/mol. The van der Waals surface area contributed by atoms with Crippen LogP contribution in [0.4, 0.5) is 4.39 Å². The van der Waals surface area contributed by atoms with Gasteiger partial charge in [-0.05, 0) is 36.2 Å². The van der Waals surface area contributed by atoms with Crippen LogP contribution in [0, 0.1) is 5.82 Å². The molecule has 0 spiro atoms. The number of halogens is 1. The minimum absolute atomic E-state index is 0.00356. The monoisotopic (exact) mass is 383 g/mol. The van der Waals surface area contributed by atoms with Crippen LogP contribution >= 0.6 is 0 Å². The number of carbonyl (C=O) groups excluding carboxylic acids is 1. The summed E-state index contributed by atoms with van der Waals surface area (Å²) in [6.07, 6.45) is 0. The van der Waals surface area contributed by atoms with Crippen LogP contribution in [0.1, 0.15) is 18.4 Å². The third kappa shape index (κ3) is 4.23. The molecule has 3 rings (SSSR count).